The third-order valence-electron chi connectivity index (χ3n) is 2.08. The number of unbranched alkanes of at least 4 members (excludes halogenated alkanes) is 3. The Morgan fingerprint density at radius 2 is 2.00 bits per heavy atom. The molecule has 0 aliphatic heterocycles. The molecule has 0 heterocycles. The Morgan fingerprint density at radius 1 is 1.33 bits per heavy atom. The summed E-state index contributed by atoms with van der Waals surface area (Å²) in [6.07, 6.45) is 5.41. The van der Waals surface area contributed by atoms with E-state index in [1.807, 2.05) is 0 Å². The van der Waals surface area contributed by atoms with E-state index in [-0.39, 0.29) is 5.91 Å². The molecule has 0 unspecified atom stereocenters. The fraction of sp³-hybridized carbons (Fsp3) is 0.800. The SMILES string of the molecule is C[NH+](C)CCCCCCNC(=O)/C=N\O. The highest BCUT2D eigenvalue weighted by atomic mass is 16.4. The number of carbonyl (C=O) groups is 1. The van der Waals surface area contributed by atoms with Crippen LogP contribution < -0.4 is 10.2 Å². The van der Waals surface area contributed by atoms with Crippen molar-refractivity contribution in [2.45, 2.75) is 25.7 Å². The average Bonchev–Trinajstić information content (AvgIpc) is 2.16. The van der Waals surface area contributed by atoms with Gasteiger partial charge in [0.2, 0.25) is 0 Å². The van der Waals surface area contributed by atoms with Crippen LogP contribution in [0.5, 0.6) is 0 Å². The Kier molecular flexibility index (Phi) is 8.76. The van der Waals surface area contributed by atoms with Crippen LogP contribution in [0.25, 0.3) is 0 Å². The van der Waals surface area contributed by atoms with Gasteiger partial charge in [-0.25, -0.2) is 0 Å². The van der Waals surface area contributed by atoms with Gasteiger partial charge in [-0.05, 0) is 19.3 Å². The fourth-order valence-electron chi connectivity index (χ4n) is 1.27. The monoisotopic (exact) mass is 216 g/mol. The van der Waals surface area contributed by atoms with Crippen LogP contribution in [0, 0.1) is 0 Å². The van der Waals surface area contributed by atoms with Crippen molar-refractivity contribution in [2.24, 2.45) is 5.16 Å². The van der Waals surface area contributed by atoms with Crippen molar-refractivity contribution in [3.8, 4) is 0 Å². The minimum atomic E-state index is -0.338. The zero-order valence-electron chi connectivity index (χ0n) is 9.62. The number of carbonyl (C=O) groups excluding carboxylic acids is 1. The lowest BCUT2D eigenvalue weighted by atomic mass is 10.2. The van der Waals surface area contributed by atoms with Crippen LogP contribution in [0.4, 0.5) is 0 Å². The van der Waals surface area contributed by atoms with Crippen LogP contribution in [-0.4, -0.2) is 44.5 Å². The molecule has 0 aromatic heterocycles. The maximum absolute atomic E-state index is 10.8. The molecule has 88 valence electrons. The minimum Gasteiger partial charge on any atom is -0.411 e. The van der Waals surface area contributed by atoms with Crippen LogP contribution in [0.15, 0.2) is 5.16 Å². The second-order valence-corrected chi connectivity index (χ2v) is 3.91. The zero-order valence-corrected chi connectivity index (χ0v) is 9.62. The lowest BCUT2D eigenvalue weighted by Crippen LogP contribution is -3.05. The predicted molar refractivity (Wildman–Crippen MR) is 59.4 cm³/mol. The average molecular weight is 216 g/mol. The first-order valence-electron chi connectivity index (χ1n) is 5.41. The van der Waals surface area contributed by atoms with Crippen LogP contribution in [0.3, 0.4) is 0 Å². The number of rotatable bonds is 8. The van der Waals surface area contributed by atoms with Crippen molar-refractivity contribution >= 4 is 12.1 Å². The van der Waals surface area contributed by atoms with Crippen molar-refractivity contribution in [3.63, 3.8) is 0 Å². The van der Waals surface area contributed by atoms with Gasteiger partial charge in [-0.3, -0.25) is 4.79 Å². The Hall–Kier alpha value is -1.10. The molecule has 0 saturated carbocycles. The summed E-state index contributed by atoms with van der Waals surface area (Å²) in [5.74, 6) is -0.338. The van der Waals surface area contributed by atoms with E-state index >= 15 is 0 Å². The van der Waals surface area contributed by atoms with Gasteiger partial charge in [0.05, 0.1) is 20.6 Å². The van der Waals surface area contributed by atoms with Crippen molar-refractivity contribution < 1.29 is 14.9 Å². The highest BCUT2D eigenvalue weighted by Gasteiger charge is 1.96. The van der Waals surface area contributed by atoms with Gasteiger partial charge in [-0.15, -0.1) is 0 Å². The van der Waals surface area contributed by atoms with E-state index < -0.39 is 0 Å². The Labute approximate surface area is 91.1 Å². The molecular weight excluding hydrogens is 194 g/mol. The normalized spacial score (nSPS) is 11.1. The number of hydrogen-bond acceptors (Lipinski definition) is 3. The molecule has 0 aromatic rings. The standard InChI is InChI=1S/C10H21N3O2/c1-13(2)8-6-4-3-5-7-11-10(14)9-12-15/h9,15H,3-8H2,1-2H3,(H,11,14)/p+1/b12-9-. The zero-order chi connectivity index (χ0) is 11.5. The molecule has 0 fully saturated rings. The smallest absolute Gasteiger partial charge is 0.265 e. The fourth-order valence-corrected chi connectivity index (χ4v) is 1.27. The van der Waals surface area contributed by atoms with Crippen molar-refractivity contribution in [1.82, 2.24) is 5.32 Å². The second kappa shape index (κ2) is 9.45. The summed E-state index contributed by atoms with van der Waals surface area (Å²) in [7, 11) is 4.29. The molecule has 0 saturated heterocycles. The molecule has 0 rings (SSSR count). The number of nitrogens with zero attached hydrogens (tertiary/aromatic N) is 1. The van der Waals surface area contributed by atoms with Crippen LogP contribution in [-0.2, 0) is 4.79 Å². The van der Waals surface area contributed by atoms with Crippen molar-refractivity contribution in [1.29, 1.82) is 0 Å². The minimum absolute atomic E-state index is 0.338. The number of hydrogen-bond donors (Lipinski definition) is 3. The maximum atomic E-state index is 10.8. The molecule has 5 nitrogen and oxygen atoms in total. The molecule has 0 aliphatic rings. The second-order valence-electron chi connectivity index (χ2n) is 3.91. The number of amides is 1. The highest BCUT2D eigenvalue weighted by Crippen LogP contribution is 1.96. The summed E-state index contributed by atoms with van der Waals surface area (Å²) in [5, 5.41) is 13.3. The van der Waals surface area contributed by atoms with Crippen molar-refractivity contribution in [2.75, 3.05) is 27.2 Å². The summed E-state index contributed by atoms with van der Waals surface area (Å²) >= 11 is 0. The maximum Gasteiger partial charge on any atom is 0.265 e. The van der Waals surface area contributed by atoms with Gasteiger partial charge in [0.15, 0.2) is 0 Å². The van der Waals surface area contributed by atoms with E-state index in [1.54, 1.807) is 0 Å². The van der Waals surface area contributed by atoms with Gasteiger partial charge in [0, 0.05) is 6.54 Å². The Morgan fingerprint density at radius 3 is 2.60 bits per heavy atom. The van der Waals surface area contributed by atoms with E-state index in [0.29, 0.717) is 6.54 Å². The van der Waals surface area contributed by atoms with E-state index in [0.717, 1.165) is 19.1 Å². The van der Waals surface area contributed by atoms with Gasteiger partial charge < -0.3 is 15.4 Å². The summed E-state index contributed by atoms with van der Waals surface area (Å²) in [4.78, 5) is 12.3. The molecular formula is C10H22N3O2+. The largest absolute Gasteiger partial charge is 0.411 e. The van der Waals surface area contributed by atoms with E-state index in [4.69, 9.17) is 5.21 Å². The van der Waals surface area contributed by atoms with E-state index in [9.17, 15) is 4.79 Å². The number of nitrogens with one attached hydrogen (secondary N) is 2. The molecule has 0 aromatic carbocycles. The third kappa shape index (κ3) is 10.8. The van der Waals surface area contributed by atoms with Crippen LogP contribution in [0.1, 0.15) is 25.7 Å². The summed E-state index contributed by atoms with van der Waals surface area (Å²) in [5.41, 5.74) is 0. The molecule has 5 heteroatoms. The first-order valence-corrected chi connectivity index (χ1v) is 5.41. The first-order chi connectivity index (χ1) is 7.16. The predicted octanol–water partition coefficient (Wildman–Crippen LogP) is -0.732. The molecule has 0 spiro atoms. The lowest BCUT2D eigenvalue weighted by Gasteiger charge is -2.06. The summed E-state index contributed by atoms with van der Waals surface area (Å²) < 4.78 is 0. The van der Waals surface area contributed by atoms with E-state index in [1.165, 1.54) is 24.3 Å². The summed E-state index contributed by atoms with van der Waals surface area (Å²) in [6, 6.07) is 0. The van der Waals surface area contributed by atoms with Crippen molar-refractivity contribution in [3.05, 3.63) is 0 Å². The highest BCUT2D eigenvalue weighted by molar-refractivity contribution is 6.25. The lowest BCUT2D eigenvalue weighted by molar-refractivity contribution is -0.858. The third-order valence-corrected chi connectivity index (χ3v) is 2.08. The first kappa shape index (κ1) is 13.9. The molecule has 3 N–H and O–H groups in total. The molecule has 0 atom stereocenters. The van der Waals surface area contributed by atoms with Gasteiger partial charge >= 0.3 is 0 Å². The van der Waals surface area contributed by atoms with Gasteiger partial charge in [0.25, 0.3) is 5.91 Å². The van der Waals surface area contributed by atoms with Gasteiger partial charge in [-0.1, -0.05) is 11.6 Å². The quantitative estimate of drug-likeness (QED) is 0.217. The molecule has 0 radical (unpaired) electrons. The number of oxime groups is 1. The molecule has 1 amide bonds. The van der Waals surface area contributed by atoms with Crippen LogP contribution in [0.2, 0.25) is 0 Å². The topological polar surface area (TPSA) is 66.1 Å². The Balaban J connectivity index is 3.15. The van der Waals surface area contributed by atoms with Gasteiger partial charge in [0.1, 0.15) is 6.21 Å². The molecule has 0 bridgehead atoms. The Bertz CT molecular complexity index is 193. The summed E-state index contributed by atoms with van der Waals surface area (Å²) in [6.45, 7) is 1.85. The number of quaternary nitrogens is 1. The molecule has 15 heavy (non-hydrogen) atoms. The molecule has 0 aliphatic carbocycles. The van der Waals surface area contributed by atoms with Gasteiger partial charge in [-0.2, -0.15) is 0 Å². The van der Waals surface area contributed by atoms with Crippen LogP contribution >= 0.6 is 0 Å². The van der Waals surface area contributed by atoms with E-state index in [2.05, 4.69) is 24.6 Å².